The highest BCUT2D eigenvalue weighted by Crippen LogP contribution is 2.32. The highest BCUT2D eigenvalue weighted by molar-refractivity contribution is 5.79. The van der Waals surface area contributed by atoms with Gasteiger partial charge in [0.1, 0.15) is 5.84 Å². The van der Waals surface area contributed by atoms with Gasteiger partial charge in [-0.15, -0.1) is 0 Å². The maximum atomic E-state index is 8.39. The van der Waals surface area contributed by atoms with Gasteiger partial charge in [-0.1, -0.05) is 24.9 Å². The summed E-state index contributed by atoms with van der Waals surface area (Å²) < 4.78 is 0. The average Bonchev–Trinajstić information content (AvgIpc) is 3.01. The summed E-state index contributed by atoms with van der Waals surface area (Å²) >= 11 is 0. The molecule has 1 aliphatic carbocycles. The van der Waals surface area contributed by atoms with Gasteiger partial charge in [-0.25, -0.2) is 0 Å². The maximum Gasteiger partial charge on any atom is 0.140 e. The van der Waals surface area contributed by atoms with Gasteiger partial charge in [-0.2, -0.15) is 0 Å². The zero-order chi connectivity index (χ0) is 10.4. The molecule has 4 nitrogen and oxygen atoms in total. The van der Waals surface area contributed by atoms with Crippen LogP contribution in [0.3, 0.4) is 0 Å². The van der Waals surface area contributed by atoms with Crippen LogP contribution in [0.2, 0.25) is 0 Å². The van der Waals surface area contributed by atoms with Gasteiger partial charge < -0.3 is 15.8 Å². The molecule has 0 unspecified atom stereocenters. The normalized spacial score (nSPS) is 17.7. The Kier molecular flexibility index (Phi) is 4.73. The van der Waals surface area contributed by atoms with Crippen LogP contribution in [0.4, 0.5) is 0 Å². The Hall–Kier alpha value is -0.770. The van der Waals surface area contributed by atoms with E-state index in [1.807, 2.05) is 0 Å². The SMILES string of the molecule is CCN(CCC(N)=NO)CCC1CC1. The number of rotatable bonds is 7. The van der Waals surface area contributed by atoms with Crippen molar-refractivity contribution in [2.24, 2.45) is 16.8 Å². The molecular formula is C10H21N3O. The molecule has 0 atom stereocenters. The van der Waals surface area contributed by atoms with E-state index in [0.29, 0.717) is 12.3 Å². The van der Waals surface area contributed by atoms with E-state index in [-0.39, 0.29) is 0 Å². The molecule has 0 radical (unpaired) electrons. The van der Waals surface area contributed by atoms with Crippen LogP contribution >= 0.6 is 0 Å². The highest BCUT2D eigenvalue weighted by Gasteiger charge is 2.21. The molecule has 0 heterocycles. The topological polar surface area (TPSA) is 61.8 Å². The molecule has 1 fully saturated rings. The molecule has 1 saturated carbocycles. The second kappa shape index (κ2) is 5.86. The molecule has 1 rings (SSSR count). The van der Waals surface area contributed by atoms with E-state index in [2.05, 4.69) is 17.0 Å². The van der Waals surface area contributed by atoms with Crippen molar-refractivity contribution in [3.63, 3.8) is 0 Å². The van der Waals surface area contributed by atoms with Crippen molar-refractivity contribution in [1.82, 2.24) is 4.90 Å². The van der Waals surface area contributed by atoms with E-state index in [0.717, 1.165) is 25.6 Å². The lowest BCUT2D eigenvalue weighted by Crippen LogP contribution is -2.29. The summed E-state index contributed by atoms with van der Waals surface area (Å²) in [6, 6.07) is 0. The number of hydrogen-bond acceptors (Lipinski definition) is 3. The van der Waals surface area contributed by atoms with E-state index in [1.54, 1.807) is 0 Å². The van der Waals surface area contributed by atoms with Crippen molar-refractivity contribution in [3.05, 3.63) is 0 Å². The van der Waals surface area contributed by atoms with Gasteiger partial charge in [0, 0.05) is 13.0 Å². The van der Waals surface area contributed by atoms with Gasteiger partial charge in [0.05, 0.1) is 0 Å². The Bertz CT molecular complexity index is 190. The largest absolute Gasteiger partial charge is 0.409 e. The fourth-order valence-corrected chi connectivity index (χ4v) is 1.52. The van der Waals surface area contributed by atoms with E-state index >= 15 is 0 Å². The molecule has 4 heteroatoms. The van der Waals surface area contributed by atoms with Gasteiger partial charge in [-0.3, -0.25) is 0 Å². The Morgan fingerprint density at radius 2 is 2.21 bits per heavy atom. The molecule has 82 valence electrons. The van der Waals surface area contributed by atoms with Crippen LogP contribution in [-0.2, 0) is 0 Å². The third-order valence-electron chi connectivity index (χ3n) is 2.81. The molecule has 0 amide bonds. The lowest BCUT2D eigenvalue weighted by molar-refractivity contribution is 0.282. The summed E-state index contributed by atoms with van der Waals surface area (Å²) in [7, 11) is 0. The first-order valence-electron chi connectivity index (χ1n) is 5.45. The Morgan fingerprint density at radius 1 is 1.50 bits per heavy atom. The van der Waals surface area contributed by atoms with Crippen LogP contribution < -0.4 is 5.73 Å². The van der Waals surface area contributed by atoms with Crippen molar-refractivity contribution < 1.29 is 5.21 Å². The van der Waals surface area contributed by atoms with Gasteiger partial charge in [0.15, 0.2) is 0 Å². The zero-order valence-electron chi connectivity index (χ0n) is 8.95. The van der Waals surface area contributed by atoms with Crippen molar-refractivity contribution in [3.8, 4) is 0 Å². The van der Waals surface area contributed by atoms with Crippen molar-refractivity contribution in [1.29, 1.82) is 0 Å². The molecule has 1 aliphatic rings. The number of nitrogens with two attached hydrogens (primary N) is 1. The zero-order valence-corrected chi connectivity index (χ0v) is 8.95. The van der Waals surface area contributed by atoms with E-state index < -0.39 is 0 Å². The molecule has 0 aromatic rings. The maximum absolute atomic E-state index is 8.39. The van der Waals surface area contributed by atoms with Crippen molar-refractivity contribution in [2.75, 3.05) is 19.6 Å². The van der Waals surface area contributed by atoms with Gasteiger partial charge in [-0.05, 0) is 25.4 Å². The summed E-state index contributed by atoms with van der Waals surface area (Å²) in [5.41, 5.74) is 5.42. The third-order valence-corrected chi connectivity index (χ3v) is 2.81. The monoisotopic (exact) mass is 199 g/mol. The second-order valence-electron chi connectivity index (χ2n) is 4.01. The minimum absolute atomic E-state index is 0.329. The number of nitrogens with zero attached hydrogens (tertiary/aromatic N) is 2. The van der Waals surface area contributed by atoms with Crippen LogP contribution in [-0.4, -0.2) is 35.6 Å². The smallest absolute Gasteiger partial charge is 0.140 e. The van der Waals surface area contributed by atoms with Crippen LogP contribution in [0.15, 0.2) is 5.16 Å². The van der Waals surface area contributed by atoms with Crippen LogP contribution in [0.25, 0.3) is 0 Å². The fraction of sp³-hybridized carbons (Fsp3) is 0.900. The molecule has 0 bridgehead atoms. The molecule has 0 saturated heterocycles. The molecule has 0 aromatic heterocycles. The summed E-state index contributed by atoms with van der Waals surface area (Å²) in [5, 5.41) is 11.4. The third kappa shape index (κ3) is 4.46. The standard InChI is InChI=1S/C10H21N3O/c1-2-13(7-5-9-3-4-9)8-6-10(11)12-14/h9,14H,2-8H2,1H3,(H2,11,12). The Balaban J connectivity index is 2.09. The quantitative estimate of drug-likeness (QED) is 0.281. The summed E-state index contributed by atoms with van der Waals surface area (Å²) in [5.74, 6) is 1.31. The van der Waals surface area contributed by atoms with E-state index in [9.17, 15) is 0 Å². The van der Waals surface area contributed by atoms with E-state index in [1.165, 1.54) is 19.3 Å². The molecule has 0 aromatic carbocycles. The minimum Gasteiger partial charge on any atom is -0.409 e. The van der Waals surface area contributed by atoms with Crippen LogP contribution in [0.5, 0.6) is 0 Å². The van der Waals surface area contributed by atoms with Crippen molar-refractivity contribution >= 4 is 5.84 Å². The summed E-state index contributed by atoms with van der Waals surface area (Å²) in [6.07, 6.45) is 4.80. The minimum atomic E-state index is 0.329. The molecule has 0 aliphatic heterocycles. The Labute approximate surface area is 85.8 Å². The van der Waals surface area contributed by atoms with Crippen LogP contribution in [0, 0.1) is 5.92 Å². The first-order chi connectivity index (χ1) is 6.76. The molecular weight excluding hydrogens is 178 g/mol. The number of hydrogen-bond donors (Lipinski definition) is 2. The van der Waals surface area contributed by atoms with Crippen LogP contribution in [0.1, 0.15) is 32.6 Å². The predicted molar refractivity (Wildman–Crippen MR) is 57.5 cm³/mol. The summed E-state index contributed by atoms with van der Waals surface area (Å²) in [6.45, 7) is 5.25. The second-order valence-corrected chi connectivity index (χ2v) is 4.01. The van der Waals surface area contributed by atoms with Gasteiger partial charge in [0.2, 0.25) is 0 Å². The number of amidine groups is 1. The van der Waals surface area contributed by atoms with E-state index in [4.69, 9.17) is 10.9 Å². The molecule has 0 spiro atoms. The molecule has 3 N–H and O–H groups in total. The first-order valence-corrected chi connectivity index (χ1v) is 5.45. The lowest BCUT2D eigenvalue weighted by Gasteiger charge is -2.19. The first kappa shape index (κ1) is 11.3. The van der Waals surface area contributed by atoms with Gasteiger partial charge >= 0.3 is 0 Å². The summed E-state index contributed by atoms with van der Waals surface area (Å²) in [4.78, 5) is 2.36. The van der Waals surface area contributed by atoms with Gasteiger partial charge in [0.25, 0.3) is 0 Å². The molecule has 14 heavy (non-hydrogen) atoms. The average molecular weight is 199 g/mol. The highest BCUT2D eigenvalue weighted by atomic mass is 16.4. The number of oxime groups is 1. The fourth-order valence-electron chi connectivity index (χ4n) is 1.52. The van der Waals surface area contributed by atoms with Crippen molar-refractivity contribution in [2.45, 2.75) is 32.6 Å². The Morgan fingerprint density at radius 3 is 2.71 bits per heavy atom. The lowest BCUT2D eigenvalue weighted by atomic mass is 10.2. The predicted octanol–water partition coefficient (Wildman–Crippen LogP) is 1.24.